The lowest BCUT2D eigenvalue weighted by molar-refractivity contribution is -0.125. The van der Waals surface area contributed by atoms with Crippen LogP contribution in [0.3, 0.4) is 0 Å². The molecule has 0 aliphatic heterocycles. The predicted octanol–water partition coefficient (Wildman–Crippen LogP) is 4.28. The maximum Gasteiger partial charge on any atom is 0.255 e. The molecule has 3 N–H and O–H groups in total. The average molecular weight is 539 g/mol. The van der Waals surface area contributed by atoms with E-state index in [-0.39, 0.29) is 36.3 Å². The Bertz CT molecular complexity index is 1360. The molecule has 2 aliphatic carbocycles. The first kappa shape index (κ1) is 26.9. The van der Waals surface area contributed by atoms with Gasteiger partial charge >= 0.3 is 0 Å². The number of carbonyl (C=O) groups is 2. The van der Waals surface area contributed by atoms with E-state index in [1.807, 2.05) is 6.92 Å². The minimum atomic E-state index is -0.494. The minimum Gasteiger partial charge on any atom is -0.494 e. The molecule has 2 saturated carbocycles. The second-order valence-corrected chi connectivity index (χ2v) is 10.5. The maximum atomic E-state index is 14.8. The van der Waals surface area contributed by atoms with Crippen LogP contribution in [0.4, 0.5) is 4.39 Å². The highest BCUT2D eigenvalue weighted by Crippen LogP contribution is 2.40. The highest BCUT2D eigenvalue weighted by atomic mass is 19.1. The van der Waals surface area contributed by atoms with E-state index in [0.29, 0.717) is 51.7 Å². The van der Waals surface area contributed by atoms with Gasteiger partial charge < -0.3 is 29.8 Å². The number of ether oxygens (including phenoxy) is 3. The van der Waals surface area contributed by atoms with Gasteiger partial charge in [-0.3, -0.25) is 14.6 Å². The van der Waals surface area contributed by atoms with Crippen LogP contribution < -0.4 is 20.1 Å². The molecule has 9 nitrogen and oxygen atoms in total. The third-order valence-corrected chi connectivity index (χ3v) is 7.52. The van der Waals surface area contributed by atoms with Gasteiger partial charge in [-0.15, -0.1) is 0 Å². The number of methoxy groups -OCH3 is 2. The van der Waals surface area contributed by atoms with Crippen molar-refractivity contribution in [2.45, 2.75) is 57.5 Å². The predicted molar refractivity (Wildman–Crippen MR) is 145 cm³/mol. The first-order valence-electron chi connectivity index (χ1n) is 13.4. The maximum absolute atomic E-state index is 14.8. The molecule has 2 heterocycles. The van der Waals surface area contributed by atoms with Gasteiger partial charge in [0.25, 0.3) is 5.91 Å². The molecule has 5 rings (SSSR count). The zero-order valence-corrected chi connectivity index (χ0v) is 22.6. The summed E-state index contributed by atoms with van der Waals surface area (Å²) in [5, 5.41) is 6.12. The molecule has 2 amide bonds. The van der Waals surface area contributed by atoms with Gasteiger partial charge in [-0.2, -0.15) is 0 Å². The molecule has 0 radical (unpaired) electrons. The highest BCUT2D eigenvalue weighted by Gasteiger charge is 2.28. The van der Waals surface area contributed by atoms with Gasteiger partial charge in [-0.25, -0.2) is 4.39 Å². The summed E-state index contributed by atoms with van der Waals surface area (Å²) in [4.78, 5) is 33.1. The highest BCUT2D eigenvalue weighted by molar-refractivity contribution is 6.09. The first-order valence-corrected chi connectivity index (χ1v) is 13.4. The summed E-state index contributed by atoms with van der Waals surface area (Å²) in [6, 6.07) is 4.87. The normalized spacial score (nSPS) is 19.1. The number of aryl methyl sites for hydroxylation is 1. The lowest BCUT2D eigenvalue weighted by Crippen LogP contribution is -2.44. The number of carbonyl (C=O) groups excluding carboxylic acids is 2. The summed E-state index contributed by atoms with van der Waals surface area (Å²) < 4.78 is 31.0. The Morgan fingerprint density at radius 2 is 1.74 bits per heavy atom. The zero-order chi connectivity index (χ0) is 27.5. The Kier molecular flexibility index (Phi) is 8.02. The molecule has 1 aromatic carbocycles. The molecule has 2 aliphatic rings. The van der Waals surface area contributed by atoms with Gasteiger partial charge in [0.15, 0.2) is 11.6 Å². The second kappa shape index (κ2) is 11.6. The summed E-state index contributed by atoms with van der Waals surface area (Å²) in [6.45, 7) is 2.44. The van der Waals surface area contributed by atoms with E-state index in [2.05, 4.69) is 20.6 Å². The van der Waals surface area contributed by atoms with Crippen molar-refractivity contribution in [2.75, 3.05) is 27.4 Å². The molecule has 10 heteroatoms. The van der Waals surface area contributed by atoms with Gasteiger partial charge in [-0.05, 0) is 63.5 Å². The van der Waals surface area contributed by atoms with Crippen LogP contribution in [0.15, 0.2) is 24.4 Å². The van der Waals surface area contributed by atoms with Crippen LogP contribution in [0.2, 0.25) is 0 Å². The molecular weight excluding hydrogens is 503 g/mol. The fraction of sp³-hybridized carbons (Fsp3) is 0.483. The van der Waals surface area contributed by atoms with E-state index in [4.69, 9.17) is 14.2 Å². The molecule has 2 fully saturated rings. The fourth-order valence-electron chi connectivity index (χ4n) is 5.26. The molecule has 39 heavy (non-hydrogen) atoms. The summed E-state index contributed by atoms with van der Waals surface area (Å²) in [6.07, 6.45) is 6.97. The third-order valence-electron chi connectivity index (χ3n) is 7.52. The van der Waals surface area contributed by atoms with Crippen molar-refractivity contribution in [3.05, 3.63) is 41.5 Å². The van der Waals surface area contributed by atoms with Gasteiger partial charge in [0, 0.05) is 48.3 Å². The van der Waals surface area contributed by atoms with Crippen LogP contribution >= 0.6 is 0 Å². The molecule has 2 aromatic heterocycles. The first-order chi connectivity index (χ1) is 18.9. The van der Waals surface area contributed by atoms with Crippen LogP contribution in [0.5, 0.6) is 11.5 Å². The van der Waals surface area contributed by atoms with Crippen molar-refractivity contribution in [2.24, 2.45) is 5.92 Å². The van der Waals surface area contributed by atoms with Crippen molar-refractivity contribution in [1.29, 1.82) is 0 Å². The third kappa shape index (κ3) is 6.00. The van der Waals surface area contributed by atoms with Crippen molar-refractivity contribution >= 4 is 22.8 Å². The molecule has 3 aromatic rings. The minimum absolute atomic E-state index is 0.00118. The standard InChI is InChI=1S/C29H35FN4O5/c1-16-26(29(36)34-19-8-6-18(7-9-19)33-25(35)15-37-2)28-27(32-16)20(10-11-31-28)21-12-22(30)24(38-3)13-23(21)39-14-17-4-5-17/h10-13,17-19,32H,4-9,14-15H2,1-3H3,(H,33,35)(H,34,36)/t18-,19-. The van der Waals surface area contributed by atoms with Crippen molar-refractivity contribution in [3.63, 3.8) is 0 Å². The van der Waals surface area contributed by atoms with Gasteiger partial charge in [0.2, 0.25) is 5.91 Å². The number of amides is 2. The van der Waals surface area contributed by atoms with E-state index < -0.39 is 5.82 Å². The Hall–Kier alpha value is -3.66. The Morgan fingerprint density at radius 3 is 2.41 bits per heavy atom. The van der Waals surface area contributed by atoms with Crippen LogP contribution in [-0.4, -0.2) is 61.3 Å². The topological polar surface area (TPSA) is 115 Å². The number of fused-ring (bicyclic) bond motifs is 1. The molecule has 0 bridgehead atoms. The number of hydrogen-bond donors (Lipinski definition) is 3. The number of halogens is 1. The van der Waals surface area contributed by atoms with Crippen LogP contribution in [0.25, 0.3) is 22.2 Å². The molecule has 0 unspecified atom stereocenters. The van der Waals surface area contributed by atoms with Crippen molar-refractivity contribution < 1.29 is 28.2 Å². The van der Waals surface area contributed by atoms with Crippen molar-refractivity contribution in [1.82, 2.24) is 20.6 Å². The number of nitrogens with zero attached hydrogens (tertiary/aromatic N) is 1. The Balaban J connectivity index is 1.37. The zero-order valence-electron chi connectivity index (χ0n) is 22.6. The van der Waals surface area contributed by atoms with Crippen LogP contribution in [0.1, 0.15) is 54.6 Å². The lowest BCUT2D eigenvalue weighted by atomic mass is 9.91. The number of rotatable bonds is 10. The van der Waals surface area contributed by atoms with Crippen LogP contribution in [0, 0.1) is 18.7 Å². The van der Waals surface area contributed by atoms with Crippen LogP contribution in [-0.2, 0) is 9.53 Å². The van der Waals surface area contributed by atoms with Gasteiger partial charge in [0.05, 0.1) is 24.8 Å². The molecule has 0 atom stereocenters. The Labute approximate surface area is 226 Å². The summed E-state index contributed by atoms with van der Waals surface area (Å²) in [5.74, 6) is 0.337. The van der Waals surface area contributed by atoms with E-state index in [9.17, 15) is 14.0 Å². The smallest absolute Gasteiger partial charge is 0.255 e. The summed E-state index contributed by atoms with van der Waals surface area (Å²) >= 11 is 0. The largest absolute Gasteiger partial charge is 0.494 e. The fourth-order valence-corrected chi connectivity index (χ4v) is 5.26. The molecule has 0 saturated heterocycles. The van der Waals surface area contributed by atoms with Gasteiger partial charge in [-0.1, -0.05) is 0 Å². The molecular formula is C29H35FN4O5. The molecule has 208 valence electrons. The second-order valence-electron chi connectivity index (χ2n) is 10.5. The summed E-state index contributed by atoms with van der Waals surface area (Å²) in [5.41, 5.74) is 3.58. The number of benzene rings is 1. The SMILES string of the molecule is COCC(=O)N[C@H]1CC[C@H](NC(=O)c2c(C)[nH]c3c(-c4cc(F)c(OC)cc4OCC4CC4)ccnc23)CC1. The quantitative estimate of drug-likeness (QED) is 0.355. The van der Waals surface area contributed by atoms with E-state index in [1.165, 1.54) is 20.3 Å². The average Bonchev–Trinajstić information content (AvgIpc) is 3.68. The number of pyridine rings is 1. The van der Waals surface area contributed by atoms with E-state index in [0.717, 1.165) is 38.5 Å². The number of aromatic nitrogens is 2. The van der Waals surface area contributed by atoms with E-state index >= 15 is 0 Å². The number of H-pyrrole nitrogens is 1. The van der Waals surface area contributed by atoms with E-state index in [1.54, 1.807) is 18.3 Å². The van der Waals surface area contributed by atoms with Gasteiger partial charge in [0.1, 0.15) is 17.9 Å². The summed E-state index contributed by atoms with van der Waals surface area (Å²) in [7, 11) is 2.92. The number of hydrogen-bond acceptors (Lipinski definition) is 6. The lowest BCUT2D eigenvalue weighted by Gasteiger charge is -2.29. The monoisotopic (exact) mass is 538 g/mol. The molecule has 0 spiro atoms. The van der Waals surface area contributed by atoms with Crippen molar-refractivity contribution in [3.8, 4) is 22.6 Å². The number of nitrogens with one attached hydrogen (secondary N) is 3. The number of aromatic amines is 1. The Morgan fingerprint density at radius 1 is 1.03 bits per heavy atom.